The lowest BCUT2D eigenvalue weighted by molar-refractivity contribution is -0.245. The molecule has 0 bridgehead atoms. The predicted molar refractivity (Wildman–Crippen MR) is 61.2 cm³/mol. The SMILES string of the molecule is O=C(O)[C@@H]1C[C@@H](F)CN1C(=O)C1(C(F)(F)F)CCOCC1. The first-order valence-electron chi connectivity index (χ1n) is 6.51. The van der Waals surface area contributed by atoms with Gasteiger partial charge in [0.2, 0.25) is 5.91 Å². The number of hydrogen-bond acceptors (Lipinski definition) is 3. The largest absolute Gasteiger partial charge is 0.480 e. The molecule has 2 saturated heterocycles. The Kier molecular flexibility index (Phi) is 4.14. The van der Waals surface area contributed by atoms with Crippen molar-refractivity contribution in [2.24, 2.45) is 5.41 Å². The van der Waals surface area contributed by atoms with Gasteiger partial charge in [0.15, 0.2) is 0 Å². The molecule has 0 aromatic rings. The van der Waals surface area contributed by atoms with Crippen LogP contribution < -0.4 is 0 Å². The summed E-state index contributed by atoms with van der Waals surface area (Å²) in [7, 11) is 0. The zero-order valence-corrected chi connectivity index (χ0v) is 11.0. The molecule has 2 rings (SSSR count). The molecular formula is C12H15F4NO4. The van der Waals surface area contributed by atoms with Crippen LogP contribution in [0.5, 0.6) is 0 Å². The van der Waals surface area contributed by atoms with Gasteiger partial charge in [-0.15, -0.1) is 0 Å². The van der Waals surface area contributed by atoms with Crippen LogP contribution in [0, 0.1) is 5.41 Å². The Balaban J connectivity index is 2.32. The van der Waals surface area contributed by atoms with Gasteiger partial charge in [-0.1, -0.05) is 0 Å². The number of halogens is 4. The van der Waals surface area contributed by atoms with Crippen molar-refractivity contribution >= 4 is 11.9 Å². The molecule has 0 saturated carbocycles. The van der Waals surface area contributed by atoms with E-state index in [4.69, 9.17) is 9.84 Å². The summed E-state index contributed by atoms with van der Waals surface area (Å²) in [6.07, 6.45) is -8.08. The molecule has 2 atom stereocenters. The van der Waals surface area contributed by atoms with Crippen LogP contribution in [0.2, 0.25) is 0 Å². The summed E-state index contributed by atoms with van der Waals surface area (Å²) in [5.41, 5.74) is -2.68. The highest BCUT2D eigenvalue weighted by Gasteiger charge is 2.63. The van der Waals surface area contributed by atoms with E-state index < -0.39 is 61.5 Å². The first-order valence-corrected chi connectivity index (χ1v) is 6.51. The van der Waals surface area contributed by atoms with Gasteiger partial charge in [-0.2, -0.15) is 13.2 Å². The van der Waals surface area contributed by atoms with Crippen LogP contribution in [0.3, 0.4) is 0 Å². The van der Waals surface area contributed by atoms with Crippen LogP contribution in [0.15, 0.2) is 0 Å². The maximum absolute atomic E-state index is 13.4. The second kappa shape index (κ2) is 5.43. The van der Waals surface area contributed by atoms with Gasteiger partial charge in [-0.25, -0.2) is 9.18 Å². The third-order valence-electron chi connectivity index (χ3n) is 4.09. The number of rotatable bonds is 2. The molecule has 0 aromatic carbocycles. The first-order chi connectivity index (χ1) is 9.69. The quantitative estimate of drug-likeness (QED) is 0.782. The van der Waals surface area contributed by atoms with Crippen molar-refractivity contribution < 1.29 is 37.0 Å². The molecule has 0 aromatic heterocycles. The Hall–Kier alpha value is -1.38. The fourth-order valence-electron chi connectivity index (χ4n) is 2.86. The lowest BCUT2D eigenvalue weighted by Gasteiger charge is -2.40. The molecule has 2 heterocycles. The number of amides is 1. The Morgan fingerprint density at radius 2 is 1.81 bits per heavy atom. The number of carboxylic acid groups (broad SMARTS) is 1. The van der Waals surface area contributed by atoms with Gasteiger partial charge < -0.3 is 14.7 Å². The van der Waals surface area contributed by atoms with E-state index in [0.717, 1.165) is 0 Å². The third kappa shape index (κ3) is 2.70. The van der Waals surface area contributed by atoms with Gasteiger partial charge in [0.1, 0.15) is 17.6 Å². The molecule has 5 nitrogen and oxygen atoms in total. The highest BCUT2D eigenvalue weighted by molar-refractivity contribution is 5.89. The zero-order valence-electron chi connectivity index (χ0n) is 11.0. The van der Waals surface area contributed by atoms with Crippen LogP contribution in [0.4, 0.5) is 17.6 Å². The van der Waals surface area contributed by atoms with Crippen LogP contribution in [-0.2, 0) is 14.3 Å². The Morgan fingerprint density at radius 1 is 1.24 bits per heavy atom. The lowest BCUT2D eigenvalue weighted by Crippen LogP contribution is -2.57. The van der Waals surface area contributed by atoms with Gasteiger partial charge in [-0.05, 0) is 12.8 Å². The average molecular weight is 313 g/mol. The normalized spacial score (nSPS) is 29.4. The van der Waals surface area contributed by atoms with E-state index in [0.29, 0.717) is 4.90 Å². The summed E-state index contributed by atoms with van der Waals surface area (Å²) in [4.78, 5) is 23.9. The van der Waals surface area contributed by atoms with Gasteiger partial charge >= 0.3 is 12.1 Å². The second-order valence-corrected chi connectivity index (χ2v) is 5.34. The summed E-state index contributed by atoms with van der Waals surface area (Å²) in [5.74, 6) is -2.85. The van der Waals surface area contributed by atoms with E-state index in [1.807, 2.05) is 0 Å². The minimum atomic E-state index is -4.83. The monoisotopic (exact) mass is 313 g/mol. The summed E-state index contributed by atoms with van der Waals surface area (Å²) in [6.45, 7) is -1.10. The first kappa shape index (κ1) is 16.0. The van der Waals surface area contributed by atoms with Gasteiger partial charge in [0, 0.05) is 19.6 Å². The topological polar surface area (TPSA) is 66.8 Å². The fourth-order valence-corrected chi connectivity index (χ4v) is 2.86. The number of carboxylic acids is 1. The van der Waals surface area contributed by atoms with E-state index in [2.05, 4.69) is 0 Å². The van der Waals surface area contributed by atoms with Crippen molar-refractivity contribution in [3.63, 3.8) is 0 Å². The molecular weight excluding hydrogens is 298 g/mol. The van der Waals surface area contributed by atoms with Gasteiger partial charge in [-0.3, -0.25) is 4.79 Å². The highest BCUT2D eigenvalue weighted by atomic mass is 19.4. The summed E-state index contributed by atoms with van der Waals surface area (Å²) >= 11 is 0. The number of nitrogens with zero attached hydrogens (tertiary/aromatic N) is 1. The molecule has 2 aliphatic heterocycles. The van der Waals surface area contributed by atoms with Crippen LogP contribution in [0.1, 0.15) is 19.3 Å². The van der Waals surface area contributed by atoms with E-state index in [9.17, 15) is 27.2 Å². The van der Waals surface area contributed by atoms with E-state index in [-0.39, 0.29) is 13.2 Å². The molecule has 21 heavy (non-hydrogen) atoms. The number of aliphatic carboxylic acids is 1. The van der Waals surface area contributed by atoms with Crippen molar-refractivity contribution in [1.82, 2.24) is 4.90 Å². The molecule has 1 amide bonds. The molecule has 0 spiro atoms. The number of carbonyl (C=O) groups is 2. The predicted octanol–water partition coefficient (Wildman–Crippen LogP) is 1.37. The zero-order chi connectivity index (χ0) is 15.8. The smallest absolute Gasteiger partial charge is 0.403 e. The molecule has 2 aliphatic rings. The number of alkyl halides is 4. The minimum absolute atomic E-state index is 0.240. The van der Waals surface area contributed by atoms with Gasteiger partial charge in [0.05, 0.1) is 6.54 Å². The molecule has 0 unspecified atom stereocenters. The van der Waals surface area contributed by atoms with Gasteiger partial charge in [0.25, 0.3) is 0 Å². The van der Waals surface area contributed by atoms with Crippen LogP contribution in [-0.4, -0.2) is 60.0 Å². The van der Waals surface area contributed by atoms with Crippen molar-refractivity contribution in [2.75, 3.05) is 19.8 Å². The molecule has 120 valence electrons. The Labute approximate surface area is 117 Å². The van der Waals surface area contributed by atoms with Crippen molar-refractivity contribution in [3.8, 4) is 0 Å². The molecule has 2 fully saturated rings. The standard InChI is InChI=1S/C12H15F4NO4/c13-7-5-8(9(18)19)17(6-7)10(20)11(12(14,15)16)1-3-21-4-2-11/h7-8H,1-6H2,(H,18,19)/t7-,8+/m1/s1. The summed E-state index contributed by atoms with van der Waals surface area (Å²) in [6, 6.07) is -1.55. The second-order valence-electron chi connectivity index (χ2n) is 5.34. The van der Waals surface area contributed by atoms with Crippen molar-refractivity contribution in [1.29, 1.82) is 0 Å². The lowest BCUT2D eigenvalue weighted by atomic mass is 9.78. The average Bonchev–Trinajstić information content (AvgIpc) is 2.79. The molecule has 0 radical (unpaired) electrons. The van der Waals surface area contributed by atoms with Crippen LogP contribution in [0.25, 0.3) is 0 Å². The minimum Gasteiger partial charge on any atom is -0.480 e. The van der Waals surface area contributed by atoms with Crippen molar-refractivity contribution in [2.45, 2.75) is 37.7 Å². The molecule has 9 heteroatoms. The van der Waals surface area contributed by atoms with E-state index >= 15 is 0 Å². The fraction of sp³-hybridized carbons (Fsp3) is 0.833. The number of hydrogen-bond donors (Lipinski definition) is 1. The number of carbonyl (C=O) groups excluding carboxylic acids is 1. The maximum atomic E-state index is 13.4. The summed E-state index contributed by atoms with van der Waals surface area (Å²) in [5, 5.41) is 8.97. The summed E-state index contributed by atoms with van der Waals surface area (Å²) < 4.78 is 58.4. The van der Waals surface area contributed by atoms with E-state index in [1.165, 1.54) is 0 Å². The highest BCUT2D eigenvalue weighted by Crippen LogP contribution is 2.48. The Bertz CT molecular complexity index is 433. The Morgan fingerprint density at radius 3 is 2.29 bits per heavy atom. The van der Waals surface area contributed by atoms with Crippen LogP contribution >= 0.6 is 0 Å². The van der Waals surface area contributed by atoms with Crippen molar-refractivity contribution in [3.05, 3.63) is 0 Å². The molecule has 1 N–H and O–H groups in total. The number of likely N-dealkylation sites (tertiary alicyclic amines) is 1. The number of ether oxygens (including phenoxy) is 1. The van der Waals surface area contributed by atoms with E-state index in [1.54, 1.807) is 0 Å². The maximum Gasteiger partial charge on any atom is 0.403 e. The third-order valence-corrected chi connectivity index (χ3v) is 4.09. The molecule has 0 aliphatic carbocycles.